The number of carbonyl (C=O) groups is 2. The first kappa shape index (κ1) is 60.9. The van der Waals surface area contributed by atoms with Crippen molar-refractivity contribution in [2.45, 2.75) is 225 Å². The second kappa shape index (κ2) is 43.8. The predicted octanol–water partition coefficient (Wildman–Crippen LogP) is 13.4. The van der Waals surface area contributed by atoms with E-state index in [0.29, 0.717) is 23.9 Å². The molecule has 0 radical (unpaired) electrons. The first-order valence-corrected chi connectivity index (χ1v) is 26.9. The van der Waals surface area contributed by atoms with Crippen molar-refractivity contribution in [1.29, 1.82) is 0 Å². The molecule has 0 amide bonds. The Balaban J connectivity index is 4.32. The van der Waals surface area contributed by atoms with Crippen LogP contribution in [0.5, 0.6) is 0 Å². The minimum Gasteiger partial charge on any atom is -0.756 e. The zero-order chi connectivity index (χ0) is 46.5. The summed E-state index contributed by atoms with van der Waals surface area (Å²) in [7, 11) is 1.11. The van der Waals surface area contributed by atoms with Gasteiger partial charge in [-0.2, -0.15) is 0 Å². The molecule has 368 valence electrons. The maximum absolute atomic E-state index is 12.7. The molecule has 0 bridgehead atoms. The number of quaternary nitrogens is 1. The molecular formula is C52H96NO9P. The zero-order valence-electron chi connectivity index (χ0n) is 41.1. The summed E-state index contributed by atoms with van der Waals surface area (Å²) >= 11 is 0. The zero-order valence-corrected chi connectivity index (χ0v) is 42.0. The molecule has 10 nitrogen and oxygen atoms in total. The lowest BCUT2D eigenvalue weighted by Gasteiger charge is -2.28. The van der Waals surface area contributed by atoms with Crippen molar-refractivity contribution in [3.63, 3.8) is 0 Å². The minimum atomic E-state index is -4.65. The second-order valence-corrected chi connectivity index (χ2v) is 19.7. The predicted molar refractivity (Wildman–Crippen MR) is 260 cm³/mol. The summed E-state index contributed by atoms with van der Waals surface area (Å²) in [6.45, 7) is 3.90. The molecule has 63 heavy (non-hydrogen) atoms. The average molecular weight is 910 g/mol. The number of phosphoric ester groups is 1. The van der Waals surface area contributed by atoms with E-state index in [4.69, 9.17) is 18.5 Å². The average Bonchev–Trinajstić information content (AvgIpc) is 3.24. The fourth-order valence-electron chi connectivity index (χ4n) is 6.86. The molecule has 0 spiro atoms. The van der Waals surface area contributed by atoms with Crippen LogP contribution in [0.1, 0.15) is 213 Å². The number of aliphatic hydroxyl groups excluding tert-OH is 1. The molecule has 0 rings (SSSR count). The van der Waals surface area contributed by atoms with Gasteiger partial charge in [0, 0.05) is 12.8 Å². The molecule has 0 fully saturated rings. The van der Waals surface area contributed by atoms with Gasteiger partial charge >= 0.3 is 11.9 Å². The summed E-state index contributed by atoms with van der Waals surface area (Å²) in [6, 6.07) is 0. The van der Waals surface area contributed by atoms with E-state index in [2.05, 4.69) is 49.5 Å². The number of allylic oxidation sites excluding steroid dienone is 8. The summed E-state index contributed by atoms with van der Waals surface area (Å²) < 4.78 is 33.9. The van der Waals surface area contributed by atoms with Gasteiger partial charge in [0.05, 0.1) is 33.9 Å². The number of unbranched alkanes of at least 4 members (excludes halogenated alkanes) is 21. The van der Waals surface area contributed by atoms with Gasteiger partial charge < -0.3 is 33.0 Å². The number of hydrogen-bond donors (Lipinski definition) is 1. The highest BCUT2D eigenvalue weighted by atomic mass is 31.2. The molecule has 0 saturated carbocycles. The van der Waals surface area contributed by atoms with E-state index < -0.39 is 32.5 Å². The third-order valence-corrected chi connectivity index (χ3v) is 12.0. The van der Waals surface area contributed by atoms with Crippen LogP contribution in [0.15, 0.2) is 48.6 Å². The van der Waals surface area contributed by atoms with E-state index in [1.165, 1.54) is 116 Å². The van der Waals surface area contributed by atoms with Gasteiger partial charge in [0.1, 0.15) is 19.8 Å². The molecule has 0 aromatic carbocycles. The molecule has 1 unspecified atom stereocenters. The van der Waals surface area contributed by atoms with Crippen molar-refractivity contribution in [2.24, 2.45) is 0 Å². The van der Waals surface area contributed by atoms with E-state index >= 15 is 0 Å². The van der Waals surface area contributed by atoms with Crippen LogP contribution in [0, 0.1) is 0 Å². The maximum Gasteiger partial charge on any atom is 0.306 e. The molecule has 0 aromatic rings. The number of esters is 2. The third kappa shape index (κ3) is 47.7. The topological polar surface area (TPSA) is 131 Å². The van der Waals surface area contributed by atoms with Gasteiger partial charge in [0.25, 0.3) is 7.82 Å². The van der Waals surface area contributed by atoms with Crippen LogP contribution < -0.4 is 4.89 Å². The molecule has 0 saturated heterocycles. The van der Waals surface area contributed by atoms with Crippen molar-refractivity contribution in [1.82, 2.24) is 0 Å². The van der Waals surface area contributed by atoms with Crippen molar-refractivity contribution in [2.75, 3.05) is 47.5 Å². The largest absolute Gasteiger partial charge is 0.756 e. The molecule has 0 aromatic heterocycles. The highest BCUT2D eigenvalue weighted by Gasteiger charge is 2.21. The van der Waals surface area contributed by atoms with Crippen molar-refractivity contribution >= 4 is 19.8 Å². The second-order valence-electron chi connectivity index (χ2n) is 18.3. The van der Waals surface area contributed by atoms with Gasteiger partial charge in [-0.15, -0.1) is 0 Å². The van der Waals surface area contributed by atoms with Crippen molar-refractivity contribution < 1.29 is 47.2 Å². The summed E-state index contributed by atoms with van der Waals surface area (Å²) in [5, 5.41) is 9.58. The van der Waals surface area contributed by atoms with Gasteiger partial charge in [-0.05, 0) is 57.8 Å². The van der Waals surface area contributed by atoms with Crippen molar-refractivity contribution in [3.8, 4) is 0 Å². The SMILES string of the molecule is CCCCCCCCCCCCCCCCCCCCCCCC(=O)OC[C@H](COP(=O)([O-])OCC[N+](C)(C)C)OC(=O)CCC/C=C\C/C=C\C/C=C\C/C=C\CC[C@H](O)CC. The van der Waals surface area contributed by atoms with Gasteiger partial charge in [-0.3, -0.25) is 14.2 Å². The van der Waals surface area contributed by atoms with Crippen molar-refractivity contribution in [3.05, 3.63) is 48.6 Å². The summed E-state index contributed by atoms with van der Waals surface area (Å²) in [5.41, 5.74) is 0. The Morgan fingerprint density at radius 2 is 1.00 bits per heavy atom. The molecule has 0 heterocycles. The van der Waals surface area contributed by atoms with E-state index in [1.54, 1.807) is 0 Å². The molecule has 0 aliphatic carbocycles. The van der Waals surface area contributed by atoms with Gasteiger partial charge in [-0.1, -0.05) is 191 Å². The molecular weight excluding hydrogens is 814 g/mol. The number of nitrogens with zero attached hydrogens (tertiary/aromatic N) is 1. The van der Waals surface area contributed by atoms with Gasteiger partial charge in [0.15, 0.2) is 6.10 Å². The summed E-state index contributed by atoms with van der Waals surface area (Å²) in [5.74, 6) is -0.912. The fourth-order valence-corrected chi connectivity index (χ4v) is 7.59. The fraction of sp³-hybridized carbons (Fsp3) is 0.808. The first-order valence-electron chi connectivity index (χ1n) is 25.4. The Hall–Kier alpha value is -2.07. The Morgan fingerprint density at radius 3 is 1.46 bits per heavy atom. The maximum atomic E-state index is 12.7. The quantitative estimate of drug-likeness (QED) is 0.0208. The van der Waals surface area contributed by atoms with E-state index in [1.807, 2.05) is 34.1 Å². The normalized spacial score (nSPS) is 14.3. The highest BCUT2D eigenvalue weighted by Crippen LogP contribution is 2.38. The molecule has 0 aliphatic rings. The monoisotopic (exact) mass is 910 g/mol. The lowest BCUT2D eigenvalue weighted by Crippen LogP contribution is -2.37. The number of hydrogen-bond acceptors (Lipinski definition) is 9. The van der Waals surface area contributed by atoms with Gasteiger partial charge in [-0.25, -0.2) is 0 Å². The standard InChI is InChI=1S/C52H96NO9P/c1-6-8-9-10-11-12-13-14-15-16-17-18-19-20-21-25-28-31-34-37-40-43-51(55)59-47-50(48-61-63(57,58)60-46-45-53(3,4)5)62-52(56)44-41-38-35-32-29-26-23-22-24-27-30-33-36-39-42-49(54)7-2/h23-24,26-27,32-33,35-36,49-50,54H,6-22,25,28-31,34,37-48H2,1-5H3/b26-23-,27-24-,35-32-,36-33-/t49-,50-/m1/s1. The molecule has 1 N–H and O–H groups in total. The van der Waals surface area contributed by atoms with E-state index in [0.717, 1.165) is 57.8 Å². The van der Waals surface area contributed by atoms with Gasteiger partial charge in [0.2, 0.25) is 0 Å². The lowest BCUT2D eigenvalue weighted by atomic mass is 10.0. The smallest absolute Gasteiger partial charge is 0.306 e. The van der Waals surface area contributed by atoms with Crippen LogP contribution in [-0.2, 0) is 32.7 Å². The molecule has 11 heteroatoms. The Labute approximate surface area is 386 Å². The Bertz CT molecular complexity index is 1230. The Kier molecular flexibility index (Phi) is 42.4. The van der Waals surface area contributed by atoms with Crippen LogP contribution in [0.25, 0.3) is 0 Å². The summed E-state index contributed by atoms with van der Waals surface area (Å²) in [4.78, 5) is 37.7. The summed E-state index contributed by atoms with van der Waals surface area (Å²) in [6.07, 6.45) is 49.5. The van der Waals surface area contributed by atoms with Crippen LogP contribution in [0.2, 0.25) is 0 Å². The number of phosphoric acid groups is 1. The van der Waals surface area contributed by atoms with E-state index in [-0.39, 0.29) is 32.2 Å². The van der Waals surface area contributed by atoms with Crippen LogP contribution in [0.3, 0.4) is 0 Å². The highest BCUT2D eigenvalue weighted by molar-refractivity contribution is 7.45. The minimum absolute atomic E-state index is 0.0474. The van der Waals surface area contributed by atoms with E-state index in [9.17, 15) is 24.2 Å². The Morgan fingerprint density at radius 1 is 0.571 bits per heavy atom. The number of rotatable bonds is 46. The van der Waals surface area contributed by atoms with Crippen LogP contribution in [-0.4, -0.2) is 81.2 Å². The van der Waals surface area contributed by atoms with Crippen LogP contribution in [0.4, 0.5) is 0 Å². The number of likely N-dealkylation sites (N-methyl/N-ethyl adjacent to an activating group) is 1. The number of aliphatic hydroxyl groups is 1. The third-order valence-electron chi connectivity index (χ3n) is 11.0. The molecule has 3 atom stereocenters. The number of carbonyl (C=O) groups excluding carboxylic acids is 2. The first-order chi connectivity index (χ1) is 30.4. The van der Waals surface area contributed by atoms with Crippen LogP contribution >= 0.6 is 7.82 Å². The number of ether oxygens (including phenoxy) is 2. The lowest BCUT2D eigenvalue weighted by molar-refractivity contribution is -0.870. The molecule has 0 aliphatic heterocycles.